The molecule has 156 valence electrons. The molecule has 1 aromatic carbocycles. The van der Waals surface area contributed by atoms with Crippen LogP contribution in [0.5, 0.6) is 0 Å². The summed E-state index contributed by atoms with van der Waals surface area (Å²) in [6.07, 6.45) is 21.5. The number of aliphatic carboxylic acids is 1. The second-order valence-electron chi connectivity index (χ2n) is 7.76. The Morgan fingerprint density at radius 3 is 1.69 bits per heavy atom. The molecule has 0 aromatic heterocycles. The third-order valence-electron chi connectivity index (χ3n) is 5.33. The van der Waals surface area contributed by atoms with Crippen LogP contribution >= 0.6 is 0 Å². The summed E-state index contributed by atoms with van der Waals surface area (Å²) in [6.45, 7) is 5.98. The van der Waals surface area contributed by atoms with Crippen LogP contribution in [0.1, 0.15) is 108 Å². The van der Waals surface area contributed by atoms with Gasteiger partial charge in [-0.3, -0.25) is 0 Å². The summed E-state index contributed by atoms with van der Waals surface area (Å²) in [7, 11) is 0. The van der Waals surface area contributed by atoms with E-state index in [1.54, 1.807) is 6.08 Å². The van der Waals surface area contributed by atoms with E-state index < -0.39 is 5.97 Å². The molecule has 0 unspecified atom stereocenters. The number of benzene rings is 1. The van der Waals surface area contributed by atoms with Crippen LogP contribution in [0.3, 0.4) is 0 Å². The summed E-state index contributed by atoms with van der Waals surface area (Å²) >= 11 is 0. The van der Waals surface area contributed by atoms with Gasteiger partial charge in [0.2, 0.25) is 0 Å². The van der Waals surface area contributed by atoms with E-state index in [9.17, 15) is 9.90 Å². The quantitative estimate of drug-likeness (QED) is 0.223. The zero-order valence-electron chi connectivity index (χ0n) is 18.9. The van der Waals surface area contributed by atoms with Crippen LogP contribution in [0.2, 0.25) is 0 Å². The molecule has 2 nitrogen and oxygen atoms in total. The number of hydrogen-bond donors (Lipinski definition) is 0. The Labute approximate surface area is 201 Å². The molecule has 0 aliphatic carbocycles. The monoisotopic (exact) mass is 406 g/mol. The van der Waals surface area contributed by atoms with Crippen molar-refractivity contribution >= 4 is 17.6 Å². The number of hydrogen-bond acceptors (Lipinski definition) is 2. The normalized spacial score (nSPS) is 11.1. The van der Waals surface area contributed by atoms with Gasteiger partial charge in [-0.05, 0) is 24.0 Å². The summed E-state index contributed by atoms with van der Waals surface area (Å²) in [5.41, 5.74) is 1.99. The molecule has 0 fully saturated rings. The number of carboxylic acid groups (broad SMARTS) is 1. The standard InChI is InChI=1S/C26H40O2.Na/c1-3-5-6-7-8-9-10-11-12-13-14-15-16-17-18-25(26(27)28)24-21-19-23(4-2)20-22-24;/h4,18-22H,2-3,5-17H2,1H3,(H,27,28);/q;+1/p-1. The Hall–Kier alpha value is -0.830. The van der Waals surface area contributed by atoms with Crippen molar-refractivity contribution in [3.05, 3.63) is 48.0 Å². The maximum atomic E-state index is 11.4. The Kier molecular flexibility index (Phi) is 18.6. The minimum absolute atomic E-state index is 0. The molecule has 3 heteroatoms. The number of unbranched alkanes of at least 4 members (excludes halogenated alkanes) is 13. The first-order valence-electron chi connectivity index (χ1n) is 11.3. The first-order valence-corrected chi connectivity index (χ1v) is 11.3. The molecule has 0 heterocycles. The van der Waals surface area contributed by atoms with Crippen molar-refractivity contribution in [3.8, 4) is 0 Å². The molecule has 1 rings (SSSR count). The second-order valence-corrected chi connectivity index (χ2v) is 7.76. The molecule has 0 bridgehead atoms. The molecule has 1 aromatic rings. The van der Waals surface area contributed by atoms with E-state index in [1.165, 1.54) is 77.0 Å². The van der Waals surface area contributed by atoms with Crippen molar-refractivity contribution in [1.29, 1.82) is 0 Å². The summed E-state index contributed by atoms with van der Waals surface area (Å²) in [5, 5.41) is 11.4. The Balaban J connectivity index is 0.00000784. The van der Waals surface area contributed by atoms with Gasteiger partial charge >= 0.3 is 29.6 Å². The fourth-order valence-corrected chi connectivity index (χ4v) is 3.53. The molecular formula is C26H39NaO2. The van der Waals surface area contributed by atoms with Gasteiger partial charge in [0.15, 0.2) is 0 Å². The minimum Gasteiger partial charge on any atom is -0.545 e. The first kappa shape index (κ1) is 28.2. The fraction of sp³-hybridized carbons (Fsp3) is 0.577. The van der Waals surface area contributed by atoms with Crippen molar-refractivity contribution in [2.75, 3.05) is 0 Å². The van der Waals surface area contributed by atoms with Gasteiger partial charge in [0.25, 0.3) is 0 Å². The Morgan fingerprint density at radius 2 is 1.28 bits per heavy atom. The van der Waals surface area contributed by atoms with E-state index in [0.29, 0.717) is 11.1 Å². The molecule has 0 spiro atoms. The maximum absolute atomic E-state index is 11.4. The number of rotatable bonds is 17. The van der Waals surface area contributed by atoms with Crippen LogP contribution < -0.4 is 34.7 Å². The molecule has 0 aliphatic heterocycles. The van der Waals surface area contributed by atoms with Gasteiger partial charge in [-0.2, -0.15) is 0 Å². The average Bonchev–Trinajstić information content (AvgIpc) is 2.71. The molecular weight excluding hydrogens is 367 g/mol. The van der Waals surface area contributed by atoms with Gasteiger partial charge < -0.3 is 9.90 Å². The predicted octanol–water partition coefficient (Wildman–Crippen LogP) is 3.95. The summed E-state index contributed by atoms with van der Waals surface area (Å²) < 4.78 is 0. The van der Waals surface area contributed by atoms with E-state index in [-0.39, 0.29) is 29.6 Å². The molecule has 29 heavy (non-hydrogen) atoms. The van der Waals surface area contributed by atoms with Crippen molar-refractivity contribution in [1.82, 2.24) is 0 Å². The van der Waals surface area contributed by atoms with Gasteiger partial charge in [-0.15, -0.1) is 0 Å². The third kappa shape index (κ3) is 13.9. The van der Waals surface area contributed by atoms with Crippen molar-refractivity contribution in [2.45, 2.75) is 96.8 Å². The van der Waals surface area contributed by atoms with Crippen LogP contribution in [0.15, 0.2) is 36.9 Å². The predicted molar refractivity (Wildman–Crippen MR) is 120 cm³/mol. The summed E-state index contributed by atoms with van der Waals surface area (Å²) in [6, 6.07) is 7.40. The molecule has 0 radical (unpaired) electrons. The fourth-order valence-electron chi connectivity index (χ4n) is 3.53. The van der Waals surface area contributed by atoms with E-state index >= 15 is 0 Å². The molecule has 0 aliphatic rings. The summed E-state index contributed by atoms with van der Waals surface area (Å²) in [4.78, 5) is 11.4. The second kappa shape index (κ2) is 19.2. The van der Waals surface area contributed by atoms with Crippen LogP contribution in [0.4, 0.5) is 0 Å². The van der Waals surface area contributed by atoms with Gasteiger partial charge in [0, 0.05) is 5.57 Å². The maximum Gasteiger partial charge on any atom is 1.00 e. The first-order chi connectivity index (χ1) is 13.7. The van der Waals surface area contributed by atoms with Gasteiger partial charge in [-0.1, -0.05) is 127 Å². The van der Waals surface area contributed by atoms with Crippen molar-refractivity contribution in [3.63, 3.8) is 0 Å². The van der Waals surface area contributed by atoms with E-state index in [1.807, 2.05) is 30.3 Å². The van der Waals surface area contributed by atoms with Gasteiger partial charge in [0.1, 0.15) is 0 Å². The SMILES string of the molecule is C=Cc1ccc(C(=CCCCCCCCCCCCCCCC)C(=O)[O-])cc1.[Na+]. The average molecular weight is 407 g/mol. The molecule has 0 saturated carbocycles. The van der Waals surface area contributed by atoms with Gasteiger partial charge in [0.05, 0.1) is 5.97 Å². The number of carbonyl (C=O) groups excluding carboxylic acids is 1. The van der Waals surface area contributed by atoms with Crippen LogP contribution in [0.25, 0.3) is 11.6 Å². The summed E-state index contributed by atoms with van der Waals surface area (Å²) in [5.74, 6) is -1.10. The molecule has 0 saturated heterocycles. The largest absolute Gasteiger partial charge is 1.00 e. The van der Waals surface area contributed by atoms with E-state index in [2.05, 4.69) is 13.5 Å². The van der Waals surface area contributed by atoms with Crippen LogP contribution in [-0.4, -0.2) is 5.97 Å². The van der Waals surface area contributed by atoms with Crippen LogP contribution in [0, 0.1) is 0 Å². The molecule has 0 N–H and O–H groups in total. The van der Waals surface area contributed by atoms with Crippen molar-refractivity contribution in [2.24, 2.45) is 0 Å². The van der Waals surface area contributed by atoms with E-state index in [4.69, 9.17) is 0 Å². The van der Waals surface area contributed by atoms with Crippen LogP contribution in [-0.2, 0) is 4.79 Å². The number of carboxylic acids is 1. The van der Waals surface area contributed by atoms with E-state index in [0.717, 1.165) is 18.4 Å². The molecule has 0 amide bonds. The van der Waals surface area contributed by atoms with Gasteiger partial charge in [-0.25, -0.2) is 0 Å². The smallest absolute Gasteiger partial charge is 0.545 e. The molecule has 0 atom stereocenters. The minimum atomic E-state index is -1.10. The zero-order chi connectivity index (χ0) is 20.5. The number of carbonyl (C=O) groups is 1. The zero-order valence-corrected chi connectivity index (χ0v) is 20.9. The number of allylic oxidation sites excluding steroid dienone is 1. The topological polar surface area (TPSA) is 40.1 Å². The van der Waals surface area contributed by atoms with Crippen molar-refractivity contribution < 1.29 is 39.5 Å². The third-order valence-corrected chi connectivity index (χ3v) is 5.33. The Morgan fingerprint density at radius 1 is 0.828 bits per heavy atom. The Bertz CT molecular complexity index is 575.